The van der Waals surface area contributed by atoms with Crippen molar-refractivity contribution in [3.63, 3.8) is 0 Å². The monoisotopic (exact) mass is 434 g/mol. The summed E-state index contributed by atoms with van der Waals surface area (Å²) in [7, 11) is 0. The second kappa shape index (κ2) is 8.72. The number of halogens is 2. The zero-order valence-corrected chi connectivity index (χ0v) is 15.3. The number of nitrogens with zero attached hydrogens (tertiary/aromatic N) is 1. The smallest absolute Gasteiger partial charge is 0.252 e. The van der Waals surface area contributed by atoms with Crippen molar-refractivity contribution in [2.24, 2.45) is 0 Å². The molecule has 1 fully saturated rings. The van der Waals surface area contributed by atoms with Crippen LogP contribution < -0.4 is 5.32 Å². The van der Waals surface area contributed by atoms with Gasteiger partial charge in [-0.05, 0) is 54.0 Å². The summed E-state index contributed by atoms with van der Waals surface area (Å²) in [6.45, 7) is 1.41. The van der Waals surface area contributed by atoms with Gasteiger partial charge in [-0.3, -0.25) is 9.59 Å². The summed E-state index contributed by atoms with van der Waals surface area (Å²) in [4.78, 5) is 26.1. The first-order valence-electron chi connectivity index (χ1n) is 7.51. The van der Waals surface area contributed by atoms with Crippen LogP contribution in [0.4, 0.5) is 0 Å². The fourth-order valence-electron chi connectivity index (χ4n) is 2.56. The van der Waals surface area contributed by atoms with Gasteiger partial charge in [-0.2, -0.15) is 0 Å². The molecule has 0 aliphatic carbocycles. The predicted octanol–water partition coefficient (Wildman–Crippen LogP) is 3.03. The van der Waals surface area contributed by atoms with Crippen LogP contribution in [0.3, 0.4) is 0 Å². The number of benzene rings is 1. The minimum atomic E-state index is -0.0306. The molecular formula is C16H20ClIN2O2. The van der Waals surface area contributed by atoms with Gasteiger partial charge in [0.05, 0.1) is 5.56 Å². The van der Waals surface area contributed by atoms with Crippen molar-refractivity contribution in [2.75, 3.05) is 19.0 Å². The molecule has 0 atom stereocenters. The summed E-state index contributed by atoms with van der Waals surface area (Å²) in [5, 5.41) is 3.08. The Labute approximate surface area is 149 Å². The first-order chi connectivity index (χ1) is 10.6. The van der Waals surface area contributed by atoms with E-state index < -0.39 is 0 Å². The van der Waals surface area contributed by atoms with Crippen LogP contribution in [0, 0.1) is 3.57 Å². The highest BCUT2D eigenvalue weighted by atomic mass is 127. The third kappa shape index (κ3) is 4.84. The van der Waals surface area contributed by atoms with E-state index in [-0.39, 0.29) is 17.9 Å². The van der Waals surface area contributed by atoms with Gasteiger partial charge < -0.3 is 10.2 Å². The highest BCUT2D eigenvalue weighted by Crippen LogP contribution is 2.15. The molecule has 0 unspecified atom stereocenters. The van der Waals surface area contributed by atoms with Crippen LogP contribution in [-0.4, -0.2) is 41.7 Å². The Morgan fingerprint density at radius 2 is 1.95 bits per heavy atom. The summed E-state index contributed by atoms with van der Waals surface area (Å²) in [5.74, 6) is 0.661. The van der Waals surface area contributed by atoms with Gasteiger partial charge in [-0.25, -0.2) is 0 Å². The standard InChI is InChI=1S/C16H20ClIN2O2/c17-9-3-6-15(21)20-10-7-12(8-11-20)19-16(22)13-4-1-2-5-14(13)18/h1-2,4-5,12H,3,6-11H2,(H,19,22). The maximum Gasteiger partial charge on any atom is 0.252 e. The molecule has 1 saturated heterocycles. The number of carbonyl (C=O) groups is 2. The second-order valence-corrected chi connectivity index (χ2v) is 6.94. The molecule has 120 valence electrons. The van der Waals surface area contributed by atoms with Crippen molar-refractivity contribution in [1.82, 2.24) is 10.2 Å². The van der Waals surface area contributed by atoms with E-state index in [1.807, 2.05) is 29.2 Å². The van der Waals surface area contributed by atoms with E-state index in [1.54, 1.807) is 0 Å². The van der Waals surface area contributed by atoms with Crippen molar-refractivity contribution < 1.29 is 9.59 Å². The number of likely N-dealkylation sites (tertiary alicyclic amines) is 1. The molecule has 0 spiro atoms. The zero-order valence-electron chi connectivity index (χ0n) is 12.4. The van der Waals surface area contributed by atoms with E-state index in [4.69, 9.17) is 11.6 Å². The fourth-order valence-corrected chi connectivity index (χ4v) is 3.32. The molecule has 0 aromatic heterocycles. The van der Waals surface area contributed by atoms with Gasteiger partial charge in [0, 0.05) is 35.0 Å². The second-order valence-electron chi connectivity index (χ2n) is 5.40. The molecule has 4 nitrogen and oxygen atoms in total. The molecule has 0 bridgehead atoms. The quantitative estimate of drug-likeness (QED) is 0.572. The zero-order chi connectivity index (χ0) is 15.9. The number of hydrogen-bond acceptors (Lipinski definition) is 2. The van der Waals surface area contributed by atoms with Gasteiger partial charge >= 0.3 is 0 Å². The average molecular weight is 435 g/mol. The lowest BCUT2D eigenvalue weighted by Gasteiger charge is -2.32. The topological polar surface area (TPSA) is 49.4 Å². The van der Waals surface area contributed by atoms with Crippen molar-refractivity contribution >= 4 is 46.0 Å². The summed E-state index contributed by atoms with van der Waals surface area (Å²) in [5.41, 5.74) is 0.712. The molecule has 2 amide bonds. The number of rotatable bonds is 5. The molecule has 22 heavy (non-hydrogen) atoms. The number of carbonyl (C=O) groups excluding carboxylic acids is 2. The highest BCUT2D eigenvalue weighted by Gasteiger charge is 2.24. The lowest BCUT2D eigenvalue weighted by Crippen LogP contribution is -2.46. The van der Waals surface area contributed by atoms with Crippen LogP contribution in [-0.2, 0) is 4.79 Å². The summed E-state index contributed by atoms with van der Waals surface area (Å²) in [6, 6.07) is 7.69. The Hall–Kier alpha value is -0.820. The lowest BCUT2D eigenvalue weighted by molar-refractivity contribution is -0.132. The van der Waals surface area contributed by atoms with E-state index in [0.717, 1.165) is 22.8 Å². The molecular weight excluding hydrogens is 415 g/mol. The Kier molecular flexibility index (Phi) is 6.95. The normalized spacial score (nSPS) is 15.6. The van der Waals surface area contributed by atoms with Gasteiger partial charge in [-0.15, -0.1) is 11.6 Å². The number of nitrogens with one attached hydrogen (secondary N) is 1. The van der Waals surface area contributed by atoms with E-state index in [2.05, 4.69) is 27.9 Å². The minimum Gasteiger partial charge on any atom is -0.349 e. The molecule has 1 aromatic rings. The van der Waals surface area contributed by atoms with E-state index in [0.29, 0.717) is 31.0 Å². The Balaban J connectivity index is 1.81. The Morgan fingerprint density at radius 3 is 2.59 bits per heavy atom. The molecule has 1 N–H and O–H groups in total. The number of amides is 2. The molecule has 0 saturated carbocycles. The SMILES string of the molecule is O=C(NC1CCN(C(=O)CCCCl)CC1)c1ccccc1I. The third-order valence-electron chi connectivity index (χ3n) is 3.83. The van der Waals surface area contributed by atoms with Gasteiger partial charge in [0.15, 0.2) is 0 Å². The fraction of sp³-hybridized carbons (Fsp3) is 0.500. The van der Waals surface area contributed by atoms with E-state index in [1.165, 1.54) is 0 Å². The van der Waals surface area contributed by atoms with Crippen LogP contribution in [0.1, 0.15) is 36.0 Å². The van der Waals surface area contributed by atoms with Crippen molar-refractivity contribution in [3.8, 4) is 0 Å². The number of hydrogen-bond donors (Lipinski definition) is 1. The van der Waals surface area contributed by atoms with Crippen molar-refractivity contribution in [1.29, 1.82) is 0 Å². The molecule has 1 aliphatic rings. The molecule has 1 heterocycles. The first kappa shape index (κ1) is 17.5. The van der Waals surface area contributed by atoms with Gasteiger partial charge in [0.25, 0.3) is 5.91 Å². The summed E-state index contributed by atoms with van der Waals surface area (Å²) >= 11 is 7.79. The predicted molar refractivity (Wildman–Crippen MR) is 96.2 cm³/mol. The highest BCUT2D eigenvalue weighted by molar-refractivity contribution is 14.1. The van der Waals surface area contributed by atoms with Gasteiger partial charge in [-0.1, -0.05) is 12.1 Å². The van der Waals surface area contributed by atoms with Gasteiger partial charge in [0.2, 0.25) is 5.91 Å². The molecule has 6 heteroatoms. The van der Waals surface area contributed by atoms with Crippen molar-refractivity contribution in [3.05, 3.63) is 33.4 Å². The van der Waals surface area contributed by atoms with Gasteiger partial charge in [0.1, 0.15) is 0 Å². The third-order valence-corrected chi connectivity index (χ3v) is 5.03. The van der Waals surface area contributed by atoms with E-state index >= 15 is 0 Å². The van der Waals surface area contributed by atoms with Crippen LogP contribution >= 0.6 is 34.2 Å². The number of piperidine rings is 1. The summed E-state index contributed by atoms with van der Waals surface area (Å²) < 4.78 is 0.950. The Bertz CT molecular complexity index is 531. The lowest BCUT2D eigenvalue weighted by atomic mass is 10.0. The molecule has 0 radical (unpaired) electrons. The molecule has 1 aromatic carbocycles. The minimum absolute atomic E-state index is 0.0306. The Morgan fingerprint density at radius 1 is 1.27 bits per heavy atom. The largest absolute Gasteiger partial charge is 0.349 e. The first-order valence-corrected chi connectivity index (χ1v) is 9.12. The van der Waals surface area contributed by atoms with Crippen LogP contribution in [0.5, 0.6) is 0 Å². The average Bonchev–Trinajstić information content (AvgIpc) is 2.53. The van der Waals surface area contributed by atoms with Crippen LogP contribution in [0.25, 0.3) is 0 Å². The van der Waals surface area contributed by atoms with Crippen LogP contribution in [0.2, 0.25) is 0 Å². The van der Waals surface area contributed by atoms with E-state index in [9.17, 15) is 9.59 Å². The number of alkyl halides is 1. The molecule has 1 aliphatic heterocycles. The van der Waals surface area contributed by atoms with Crippen molar-refractivity contribution in [2.45, 2.75) is 31.7 Å². The van der Waals surface area contributed by atoms with Crippen LogP contribution in [0.15, 0.2) is 24.3 Å². The summed E-state index contributed by atoms with van der Waals surface area (Å²) in [6.07, 6.45) is 2.86. The maximum absolute atomic E-state index is 12.3. The molecule has 2 rings (SSSR count). The maximum atomic E-state index is 12.3.